The molecule has 7 heteroatoms. The lowest BCUT2D eigenvalue weighted by molar-refractivity contribution is 0.0520. The Balaban J connectivity index is 1.58. The number of piperidine rings is 2. The second-order valence-corrected chi connectivity index (χ2v) is 6.43. The Hall–Kier alpha value is -1.50. The number of aliphatic hydroxyl groups is 1. The van der Waals surface area contributed by atoms with Gasteiger partial charge in [-0.1, -0.05) is 0 Å². The normalized spacial score (nSPS) is 35.7. The molecule has 2 bridgehead atoms. The third-order valence-corrected chi connectivity index (χ3v) is 4.96. The quantitative estimate of drug-likeness (QED) is 0.668. The summed E-state index contributed by atoms with van der Waals surface area (Å²) in [5.41, 5.74) is 0. The van der Waals surface area contributed by atoms with Gasteiger partial charge < -0.3 is 25.3 Å². The van der Waals surface area contributed by atoms with E-state index in [1.165, 1.54) is 4.90 Å². The van der Waals surface area contributed by atoms with Crippen molar-refractivity contribution in [1.82, 2.24) is 15.1 Å². The SMILES string of the molecule is O=C(O)N1CCC[C@H](NC(=O)N2[C@H]3CC[C@H]2CC(O)C3)C1. The van der Waals surface area contributed by atoms with Crippen LogP contribution in [-0.4, -0.2) is 69.5 Å². The molecule has 0 spiro atoms. The summed E-state index contributed by atoms with van der Waals surface area (Å²) in [5, 5.41) is 21.8. The molecule has 0 saturated carbocycles. The van der Waals surface area contributed by atoms with E-state index in [2.05, 4.69) is 5.32 Å². The van der Waals surface area contributed by atoms with Crippen molar-refractivity contribution in [3.8, 4) is 0 Å². The summed E-state index contributed by atoms with van der Waals surface area (Å²) >= 11 is 0. The number of nitrogens with zero attached hydrogens (tertiary/aromatic N) is 2. The third kappa shape index (κ3) is 2.92. The number of hydrogen-bond acceptors (Lipinski definition) is 3. The van der Waals surface area contributed by atoms with E-state index in [-0.39, 0.29) is 30.3 Å². The van der Waals surface area contributed by atoms with Crippen LogP contribution in [0.25, 0.3) is 0 Å². The number of likely N-dealkylation sites (tertiary alicyclic amines) is 1. The lowest BCUT2D eigenvalue weighted by Crippen LogP contribution is -2.56. The number of amides is 3. The maximum Gasteiger partial charge on any atom is 0.407 e. The minimum atomic E-state index is -0.921. The van der Waals surface area contributed by atoms with E-state index in [1.807, 2.05) is 4.90 Å². The Morgan fingerprint density at radius 3 is 2.38 bits per heavy atom. The molecule has 0 radical (unpaired) electrons. The first kappa shape index (κ1) is 14.4. The van der Waals surface area contributed by atoms with E-state index < -0.39 is 6.09 Å². The zero-order valence-corrected chi connectivity index (χ0v) is 12.1. The molecule has 3 amide bonds. The lowest BCUT2D eigenvalue weighted by Gasteiger charge is -2.39. The fourth-order valence-corrected chi connectivity index (χ4v) is 4.00. The van der Waals surface area contributed by atoms with Crippen molar-refractivity contribution in [1.29, 1.82) is 0 Å². The Morgan fingerprint density at radius 2 is 1.76 bits per heavy atom. The minimum absolute atomic E-state index is 0.0911. The standard InChI is InChI=1S/C14H23N3O4/c18-12-6-10-3-4-11(7-12)17(10)13(19)15-9-2-1-5-16(8-9)14(20)21/h9-12,18H,1-8H2,(H,15,19)(H,20,21)/t9-,10-,11-/m0/s1. The first-order valence-corrected chi connectivity index (χ1v) is 7.79. The van der Waals surface area contributed by atoms with Crippen LogP contribution in [0.3, 0.4) is 0 Å². The highest BCUT2D eigenvalue weighted by Crippen LogP contribution is 2.35. The summed E-state index contributed by atoms with van der Waals surface area (Å²) in [6.45, 7) is 0.912. The molecular weight excluding hydrogens is 274 g/mol. The molecule has 3 rings (SSSR count). The molecule has 3 fully saturated rings. The number of aliphatic hydroxyl groups excluding tert-OH is 1. The van der Waals surface area contributed by atoms with Crippen molar-refractivity contribution in [2.45, 2.75) is 62.8 Å². The number of carbonyl (C=O) groups excluding carboxylic acids is 1. The number of nitrogens with one attached hydrogen (secondary N) is 1. The van der Waals surface area contributed by atoms with Crippen LogP contribution in [0.2, 0.25) is 0 Å². The number of carbonyl (C=O) groups is 2. The summed E-state index contributed by atoms with van der Waals surface area (Å²) in [7, 11) is 0. The summed E-state index contributed by atoms with van der Waals surface area (Å²) < 4.78 is 0. The molecule has 21 heavy (non-hydrogen) atoms. The summed E-state index contributed by atoms with van der Waals surface area (Å²) in [6.07, 6.45) is 3.64. The molecule has 3 atom stereocenters. The van der Waals surface area contributed by atoms with Gasteiger partial charge in [-0.05, 0) is 38.5 Å². The molecule has 0 aromatic rings. The lowest BCUT2D eigenvalue weighted by atomic mass is 10.0. The number of fused-ring (bicyclic) bond motifs is 2. The highest BCUT2D eigenvalue weighted by Gasteiger charge is 2.43. The van der Waals surface area contributed by atoms with Gasteiger partial charge in [0.05, 0.1) is 6.10 Å². The molecule has 3 N–H and O–H groups in total. The molecule has 3 heterocycles. The highest BCUT2D eigenvalue weighted by molar-refractivity contribution is 5.76. The van der Waals surface area contributed by atoms with Gasteiger partial charge in [0.25, 0.3) is 0 Å². The van der Waals surface area contributed by atoms with Crippen LogP contribution in [0, 0.1) is 0 Å². The van der Waals surface area contributed by atoms with Crippen molar-refractivity contribution in [3.05, 3.63) is 0 Å². The van der Waals surface area contributed by atoms with Crippen molar-refractivity contribution < 1.29 is 19.8 Å². The minimum Gasteiger partial charge on any atom is -0.465 e. The number of urea groups is 1. The van der Waals surface area contributed by atoms with Gasteiger partial charge >= 0.3 is 12.1 Å². The average Bonchev–Trinajstić information content (AvgIpc) is 2.71. The van der Waals surface area contributed by atoms with Gasteiger partial charge in [-0.25, -0.2) is 9.59 Å². The molecule has 0 aromatic carbocycles. The topological polar surface area (TPSA) is 93.1 Å². The van der Waals surface area contributed by atoms with Crippen LogP contribution < -0.4 is 5.32 Å². The van der Waals surface area contributed by atoms with E-state index in [1.54, 1.807) is 0 Å². The Kier molecular flexibility index (Phi) is 3.93. The first-order chi connectivity index (χ1) is 10.0. The molecule has 0 aliphatic carbocycles. The summed E-state index contributed by atoms with van der Waals surface area (Å²) in [4.78, 5) is 26.7. The zero-order valence-electron chi connectivity index (χ0n) is 12.1. The van der Waals surface area contributed by atoms with Crippen molar-refractivity contribution in [3.63, 3.8) is 0 Å². The fraction of sp³-hybridized carbons (Fsp3) is 0.857. The van der Waals surface area contributed by atoms with Crippen LogP contribution in [0.5, 0.6) is 0 Å². The number of hydrogen-bond donors (Lipinski definition) is 3. The van der Waals surface area contributed by atoms with E-state index in [9.17, 15) is 14.7 Å². The predicted molar refractivity (Wildman–Crippen MR) is 75.0 cm³/mol. The van der Waals surface area contributed by atoms with Crippen molar-refractivity contribution in [2.24, 2.45) is 0 Å². The molecule has 3 saturated heterocycles. The molecule has 3 aliphatic rings. The van der Waals surface area contributed by atoms with E-state index in [4.69, 9.17) is 5.11 Å². The zero-order chi connectivity index (χ0) is 15.0. The van der Waals surface area contributed by atoms with E-state index in [0.29, 0.717) is 25.9 Å². The summed E-state index contributed by atoms with van der Waals surface area (Å²) in [5.74, 6) is 0. The average molecular weight is 297 g/mol. The Bertz CT molecular complexity index is 416. The maximum atomic E-state index is 12.5. The highest BCUT2D eigenvalue weighted by atomic mass is 16.4. The molecule has 0 unspecified atom stereocenters. The van der Waals surface area contributed by atoms with Crippen LogP contribution in [-0.2, 0) is 0 Å². The smallest absolute Gasteiger partial charge is 0.407 e. The third-order valence-electron chi connectivity index (χ3n) is 4.96. The van der Waals surface area contributed by atoms with Crippen LogP contribution in [0.1, 0.15) is 38.5 Å². The van der Waals surface area contributed by atoms with E-state index in [0.717, 1.165) is 25.7 Å². The predicted octanol–water partition coefficient (Wildman–Crippen LogP) is 0.826. The van der Waals surface area contributed by atoms with Gasteiger partial charge in [0.1, 0.15) is 0 Å². The van der Waals surface area contributed by atoms with Crippen molar-refractivity contribution in [2.75, 3.05) is 13.1 Å². The second kappa shape index (κ2) is 5.71. The van der Waals surface area contributed by atoms with Gasteiger partial charge in [-0.15, -0.1) is 0 Å². The van der Waals surface area contributed by atoms with Gasteiger partial charge in [-0.2, -0.15) is 0 Å². The summed E-state index contributed by atoms with van der Waals surface area (Å²) in [6, 6.07) is 0.0797. The molecular formula is C14H23N3O4. The van der Waals surface area contributed by atoms with Gasteiger partial charge in [0.15, 0.2) is 0 Å². The molecule has 7 nitrogen and oxygen atoms in total. The Morgan fingerprint density at radius 1 is 1.10 bits per heavy atom. The van der Waals surface area contributed by atoms with Crippen LogP contribution in [0.15, 0.2) is 0 Å². The molecule has 118 valence electrons. The molecule has 3 aliphatic heterocycles. The van der Waals surface area contributed by atoms with Crippen molar-refractivity contribution >= 4 is 12.1 Å². The number of carboxylic acid groups (broad SMARTS) is 1. The second-order valence-electron chi connectivity index (χ2n) is 6.43. The number of rotatable bonds is 1. The van der Waals surface area contributed by atoms with Gasteiger partial charge in [-0.3, -0.25) is 0 Å². The molecule has 0 aromatic heterocycles. The first-order valence-electron chi connectivity index (χ1n) is 7.79. The van der Waals surface area contributed by atoms with Gasteiger partial charge in [0.2, 0.25) is 0 Å². The van der Waals surface area contributed by atoms with Crippen LogP contribution >= 0.6 is 0 Å². The fourth-order valence-electron chi connectivity index (χ4n) is 4.00. The largest absolute Gasteiger partial charge is 0.465 e. The van der Waals surface area contributed by atoms with E-state index >= 15 is 0 Å². The van der Waals surface area contributed by atoms with Crippen LogP contribution in [0.4, 0.5) is 9.59 Å². The monoisotopic (exact) mass is 297 g/mol. The Labute approximate surface area is 123 Å². The maximum absolute atomic E-state index is 12.5. The van der Waals surface area contributed by atoms with Gasteiger partial charge in [0, 0.05) is 31.2 Å².